The fourth-order valence-corrected chi connectivity index (χ4v) is 4.67. The third kappa shape index (κ3) is 5.97. The number of hydrogen-bond acceptors (Lipinski definition) is 4. The average molecular weight is 468 g/mol. The van der Waals surface area contributed by atoms with Gasteiger partial charge in [-0.05, 0) is 59.8 Å². The first-order valence-corrected chi connectivity index (χ1v) is 15.0. The molecule has 0 fully saturated rings. The summed E-state index contributed by atoms with van der Waals surface area (Å²) in [4.78, 5) is 38.9. The largest absolute Gasteiger partial charge is 0.478 e. The molecule has 1 amide bonds. The standard InChI is InChI=1S/C26H33NO5Si/c1-26(2)13-12-23(28)21-16-19(8-11-22(21)26)24(29)27(17-32-14-15-33(3,4)5)20-9-6-18(7-10-20)25(30)31/h6-11,16H,12-15,17H2,1-5H3,(H,30,31). The predicted octanol–water partition coefficient (Wildman–Crippen LogP) is 5.60. The maximum atomic E-state index is 13.5. The van der Waals surface area contributed by atoms with E-state index in [1.165, 1.54) is 17.0 Å². The third-order valence-corrected chi connectivity index (χ3v) is 7.87. The lowest BCUT2D eigenvalue weighted by Crippen LogP contribution is -2.35. The Labute approximate surface area is 196 Å². The summed E-state index contributed by atoms with van der Waals surface area (Å²) in [7, 11) is -1.29. The fraction of sp³-hybridized carbons (Fsp3) is 0.423. The van der Waals surface area contributed by atoms with E-state index in [-0.39, 0.29) is 29.4 Å². The van der Waals surface area contributed by atoms with Crippen molar-refractivity contribution in [2.75, 3.05) is 18.2 Å². The Morgan fingerprint density at radius 1 is 1.06 bits per heavy atom. The van der Waals surface area contributed by atoms with Crippen LogP contribution in [0.5, 0.6) is 0 Å². The van der Waals surface area contributed by atoms with Crippen LogP contribution in [0.15, 0.2) is 42.5 Å². The molecule has 176 valence electrons. The SMILES string of the molecule is CC1(C)CCC(=O)c2cc(C(=O)N(COCC[Si](C)(C)C)c3ccc(C(=O)O)cc3)ccc21. The number of carboxylic acids is 1. The Kier molecular flexibility index (Phi) is 7.24. The number of carboxylic acid groups (broad SMARTS) is 1. The van der Waals surface area contributed by atoms with Gasteiger partial charge in [-0.25, -0.2) is 4.79 Å². The molecule has 0 radical (unpaired) electrons. The zero-order valence-corrected chi connectivity index (χ0v) is 21.1. The van der Waals surface area contributed by atoms with E-state index in [2.05, 4.69) is 33.5 Å². The van der Waals surface area contributed by atoms with Crippen molar-refractivity contribution in [3.63, 3.8) is 0 Å². The Balaban J connectivity index is 1.90. The van der Waals surface area contributed by atoms with Gasteiger partial charge < -0.3 is 9.84 Å². The van der Waals surface area contributed by atoms with Crippen LogP contribution in [0.1, 0.15) is 63.3 Å². The van der Waals surface area contributed by atoms with Crippen LogP contribution in [-0.2, 0) is 10.2 Å². The Morgan fingerprint density at radius 2 is 1.70 bits per heavy atom. The number of Topliss-reactive ketones (excluding diaryl/α,β-unsaturated/α-hetero) is 1. The van der Waals surface area contributed by atoms with Gasteiger partial charge in [-0.2, -0.15) is 0 Å². The van der Waals surface area contributed by atoms with E-state index >= 15 is 0 Å². The van der Waals surface area contributed by atoms with E-state index in [9.17, 15) is 19.5 Å². The second-order valence-electron chi connectivity index (χ2n) is 10.5. The lowest BCUT2D eigenvalue weighted by Gasteiger charge is -2.32. The molecular formula is C26H33NO5Si. The van der Waals surface area contributed by atoms with Crippen molar-refractivity contribution in [1.29, 1.82) is 0 Å². The first kappa shape index (κ1) is 24.9. The molecule has 2 aromatic carbocycles. The molecule has 1 aliphatic rings. The summed E-state index contributed by atoms with van der Waals surface area (Å²) in [5.41, 5.74) is 2.57. The van der Waals surface area contributed by atoms with E-state index in [0.29, 0.717) is 29.8 Å². The highest BCUT2D eigenvalue weighted by Gasteiger charge is 2.32. The monoisotopic (exact) mass is 467 g/mol. The van der Waals surface area contributed by atoms with Gasteiger partial charge in [0.2, 0.25) is 0 Å². The molecule has 0 aromatic heterocycles. The van der Waals surface area contributed by atoms with E-state index in [1.807, 2.05) is 6.07 Å². The van der Waals surface area contributed by atoms with Crippen LogP contribution >= 0.6 is 0 Å². The Hall–Kier alpha value is -2.77. The van der Waals surface area contributed by atoms with Gasteiger partial charge in [0.1, 0.15) is 6.73 Å². The molecule has 6 nitrogen and oxygen atoms in total. The summed E-state index contributed by atoms with van der Waals surface area (Å²) in [6.07, 6.45) is 1.26. The second-order valence-corrected chi connectivity index (χ2v) is 16.1. The van der Waals surface area contributed by atoms with Crippen LogP contribution in [0.2, 0.25) is 25.7 Å². The highest BCUT2D eigenvalue weighted by molar-refractivity contribution is 6.76. The lowest BCUT2D eigenvalue weighted by atomic mass is 9.72. The summed E-state index contributed by atoms with van der Waals surface area (Å²) < 4.78 is 5.87. The number of anilines is 1. The number of amides is 1. The molecule has 0 saturated carbocycles. The molecule has 0 atom stereocenters. The molecule has 33 heavy (non-hydrogen) atoms. The number of aromatic carboxylic acids is 1. The average Bonchev–Trinajstić information content (AvgIpc) is 2.75. The van der Waals surface area contributed by atoms with Gasteiger partial charge in [-0.1, -0.05) is 39.6 Å². The van der Waals surface area contributed by atoms with Crippen molar-refractivity contribution in [1.82, 2.24) is 0 Å². The maximum Gasteiger partial charge on any atom is 0.335 e. The lowest BCUT2D eigenvalue weighted by molar-refractivity contribution is 0.0696. The highest BCUT2D eigenvalue weighted by Crippen LogP contribution is 2.37. The van der Waals surface area contributed by atoms with E-state index in [1.54, 1.807) is 24.3 Å². The van der Waals surface area contributed by atoms with Gasteiger partial charge in [-0.3, -0.25) is 14.5 Å². The molecule has 0 spiro atoms. The maximum absolute atomic E-state index is 13.5. The minimum atomic E-state index is -1.29. The smallest absolute Gasteiger partial charge is 0.335 e. The highest BCUT2D eigenvalue weighted by atomic mass is 28.3. The first-order chi connectivity index (χ1) is 15.4. The first-order valence-electron chi connectivity index (χ1n) is 11.3. The number of nitrogens with zero attached hydrogens (tertiary/aromatic N) is 1. The van der Waals surface area contributed by atoms with Gasteiger partial charge in [-0.15, -0.1) is 0 Å². The van der Waals surface area contributed by atoms with Crippen molar-refractivity contribution in [2.24, 2.45) is 0 Å². The molecule has 0 aliphatic heterocycles. The molecule has 3 rings (SSSR count). The predicted molar refractivity (Wildman–Crippen MR) is 132 cm³/mol. The molecule has 0 heterocycles. The fourth-order valence-electron chi connectivity index (χ4n) is 3.92. The normalized spacial score (nSPS) is 15.1. The van der Waals surface area contributed by atoms with Gasteiger partial charge >= 0.3 is 5.97 Å². The molecule has 2 aromatic rings. The Bertz CT molecular complexity index is 1050. The zero-order chi connectivity index (χ0) is 24.4. The minimum Gasteiger partial charge on any atom is -0.478 e. The summed E-state index contributed by atoms with van der Waals surface area (Å²) in [6, 6.07) is 12.5. The molecule has 0 bridgehead atoms. The van der Waals surface area contributed by atoms with E-state index < -0.39 is 14.0 Å². The van der Waals surface area contributed by atoms with Crippen LogP contribution in [0.3, 0.4) is 0 Å². The summed E-state index contributed by atoms with van der Waals surface area (Å²) in [5.74, 6) is -1.26. The van der Waals surface area contributed by atoms with Crippen molar-refractivity contribution in [2.45, 2.75) is 57.8 Å². The van der Waals surface area contributed by atoms with Crippen molar-refractivity contribution >= 4 is 31.4 Å². The van der Waals surface area contributed by atoms with Crippen LogP contribution < -0.4 is 4.90 Å². The molecule has 1 N–H and O–H groups in total. The third-order valence-electron chi connectivity index (χ3n) is 6.16. The number of fused-ring (bicyclic) bond motifs is 1. The number of rotatable bonds is 8. The summed E-state index contributed by atoms with van der Waals surface area (Å²) in [5, 5.41) is 9.20. The van der Waals surface area contributed by atoms with Gasteiger partial charge in [0, 0.05) is 37.9 Å². The summed E-state index contributed by atoms with van der Waals surface area (Å²) in [6.45, 7) is 11.6. The summed E-state index contributed by atoms with van der Waals surface area (Å²) >= 11 is 0. The number of benzene rings is 2. The zero-order valence-electron chi connectivity index (χ0n) is 20.1. The second kappa shape index (κ2) is 9.61. The van der Waals surface area contributed by atoms with Crippen LogP contribution in [0, 0.1) is 0 Å². The van der Waals surface area contributed by atoms with Crippen molar-refractivity contribution in [3.8, 4) is 0 Å². The van der Waals surface area contributed by atoms with Crippen LogP contribution in [0.4, 0.5) is 5.69 Å². The molecule has 0 unspecified atom stereocenters. The van der Waals surface area contributed by atoms with E-state index in [4.69, 9.17) is 4.74 Å². The molecular weight excluding hydrogens is 434 g/mol. The van der Waals surface area contributed by atoms with Crippen molar-refractivity contribution < 1.29 is 24.2 Å². The molecule has 1 aliphatic carbocycles. The van der Waals surface area contributed by atoms with Gasteiger partial charge in [0.05, 0.1) is 5.56 Å². The quantitative estimate of drug-likeness (QED) is 0.310. The van der Waals surface area contributed by atoms with Crippen molar-refractivity contribution in [3.05, 3.63) is 64.7 Å². The number of hydrogen-bond donors (Lipinski definition) is 1. The van der Waals surface area contributed by atoms with E-state index in [0.717, 1.165) is 18.0 Å². The van der Waals surface area contributed by atoms with Crippen LogP contribution in [-0.4, -0.2) is 44.2 Å². The minimum absolute atomic E-state index is 0.0479. The number of carbonyl (C=O) groups is 3. The number of carbonyl (C=O) groups excluding carboxylic acids is 2. The van der Waals surface area contributed by atoms with Gasteiger partial charge in [0.25, 0.3) is 5.91 Å². The number of ether oxygens (including phenoxy) is 1. The number of ketones is 1. The van der Waals surface area contributed by atoms with Gasteiger partial charge in [0.15, 0.2) is 5.78 Å². The Morgan fingerprint density at radius 3 is 2.30 bits per heavy atom. The van der Waals surface area contributed by atoms with Crippen LogP contribution in [0.25, 0.3) is 0 Å². The molecule has 0 saturated heterocycles. The topological polar surface area (TPSA) is 83.9 Å². The molecule has 7 heteroatoms.